The molecule has 1 aromatic carbocycles. The maximum atomic E-state index is 13.2. The Morgan fingerprint density at radius 3 is 2.53 bits per heavy atom. The average molecular weight is 265 g/mol. The van der Waals surface area contributed by atoms with E-state index in [0.29, 0.717) is 12.7 Å². The average Bonchev–Trinajstić information content (AvgIpc) is 2.75. The molecular weight excluding hydrogens is 252 g/mol. The molecule has 1 saturated heterocycles. The number of nitrogens with zero attached hydrogens (tertiary/aromatic N) is 1. The largest absolute Gasteiger partial charge is 0.370 e. The highest BCUT2D eigenvalue weighted by molar-refractivity contribution is 5.92. The van der Waals surface area contributed by atoms with Gasteiger partial charge in [-0.25, -0.2) is 8.78 Å². The predicted octanol–water partition coefficient (Wildman–Crippen LogP) is 2.57. The van der Waals surface area contributed by atoms with E-state index in [1.165, 1.54) is 0 Å². The number of ether oxygens (including phenoxy) is 1. The van der Waals surface area contributed by atoms with E-state index in [4.69, 9.17) is 10.00 Å². The Balaban J connectivity index is 2.29. The van der Waals surface area contributed by atoms with Gasteiger partial charge in [0.15, 0.2) is 5.78 Å². The molecule has 19 heavy (non-hydrogen) atoms. The number of ketones is 1. The van der Waals surface area contributed by atoms with Crippen molar-refractivity contribution in [3.8, 4) is 6.07 Å². The summed E-state index contributed by atoms with van der Waals surface area (Å²) < 4.78 is 31.6. The summed E-state index contributed by atoms with van der Waals surface area (Å²) in [5, 5.41) is 9.11. The van der Waals surface area contributed by atoms with Crippen LogP contribution in [-0.4, -0.2) is 18.5 Å². The molecule has 5 heteroatoms. The summed E-state index contributed by atoms with van der Waals surface area (Å²) in [6.45, 7) is 2.32. The maximum Gasteiger partial charge on any atom is 0.183 e. The van der Waals surface area contributed by atoms with Gasteiger partial charge in [0.05, 0.1) is 6.07 Å². The van der Waals surface area contributed by atoms with Gasteiger partial charge in [-0.05, 0) is 30.0 Å². The van der Waals surface area contributed by atoms with Crippen molar-refractivity contribution in [2.45, 2.75) is 25.4 Å². The van der Waals surface area contributed by atoms with E-state index in [-0.39, 0.29) is 11.5 Å². The lowest BCUT2D eigenvalue weighted by atomic mass is 9.88. The van der Waals surface area contributed by atoms with E-state index in [0.717, 1.165) is 18.6 Å². The van der Waals surface area contributed by atoms with Crippen molar-refractivity contribution in [2.24, 2.45) is 5.92 Å². The lowest BCUT2D eigenvalue weighted by Crippen LogP contribution is -2.30. The predicted molar refractivity (Wildman–Crippen MR) is 63.2 cm³/mol. The monoisotopic (exact) mass is 265 g/mol. The minimum Gasteiger partial charge on any atom is -0.370 e. The smallest absolute Gasteiger partial charge is 0.183 e. The van der Waals surface area contributed by atoms with Gasteiger partial charge >= 0.3 is 0 Å². The first-order chi connectivity index (χ1) is 9.02. The first-order valence-electron chi connectivity index (χ1n) is 6.04. The molecule has 1 fully saturated rings. The molecule has 0 spiro atoms. The SMILES string of the molecule is CC1CCOC1C(=O)C(C#N)c1cc(F)cc(F)c1. The molecule has 3 atom stereocenters. The zero-order valence-electron chi connectivity index (χ0n) is 10.4. The first kappa shape index (κ1) is 13.6. The Morgan fingerprint density at radius 1 is 1.42 bits per heavy atom. The molecule has 1 heterocycles. The van der Waals surface area contributed by atoms with Crippen LogP contribution in [0.5, 0.6) is 0 Å². The van der Waals surface area contributed by atoms with E-state index < -0.39 is 29.4 Å². The summed E-state index contributed by atoms with van der Waals surface area (Å²) in [5.74, 6) is -3.22. The molecular formula is C14H13F2NO2. The van der Waals surface area contributed by atoms with Gasteiger partial charge < -0.3 is 4.74 Å². The van der Waals surface area contributed by atoms with Gasteiger partial charge in [0.1, 0.15) is 23.7 Å². The number of Topliss-reactive ketones (excluding diaryl/α,β-unsaturated/α-hetero) is 1. The summed E-state index contributed by atoms with van der Waals surface area (Å²) >= 11 is 0. The van der Waals surface area contributed by atoms with Gasteiger partial charge in [0.2, 0.25) is 0 Å². The third kappa shape index (κ3) is 2.79. The van der Waals surface area contributed by atoms with Crippen LogP contribution in [0.25, 0.3) is 0 Å². The topological polar surface area (TPSA) is 50.1 Å². The molecule has 0 aliphatic carbocycles. The van der Waals surface area contributed by atoms with E-state index in [1.54, 1.807) is 0 Å². The Hall–Kier alpha value is -1.80. The second kappa shape index (κ2) is 5.45. The van der Waals surface area contributed by atoms with Crippen LogP contribution in [0.2, 0.25) is 0 Å². The zero-order valence-corrected chi connectivity index (χ0v) is 10.4. The molecule has 0 bridgehead atoms. The number of carbonyl (C=O) groups excluding carboxylic acids is 1. The maximum absolute atomic E-state index is 13.2. The summed E-state index contributed by atoms with van der Waals surface area (Å²) in [6.07, 6.45) is 0.0717. The van der Waals surface area contributed by atoms with Crippen molar-refractivity contribution in [3.63, 3.8) is 0 Å². The minimum atomic E-state index is -1.20. The van der Waals surface area contributed by atoms with Gasteiger partial charge in [-0.15, -0.1) is 0 Å². The molecule has 0 aromatic heterocycles. The summed E-state index contributed by atoms with van der Waals surface area (Å²) in [4.78, 5) is 12.2. The Bertz CT molecular complexity index is 518. The van der Waals surface area contributed by atoms with Crippen LogP contribution in [0.15, 0.2) is 18.2 Å². The number of hydrogen-bond acceptors (Lipinski definition) is 3. The third-order valence-electron chi connectivity index (χ3n) is 3.30. The molecule has 0 saturated carbocycles. The Morgan fingerprint density at radius 2 is 2.05 bits per heavy atom. The fourth-order valence-corrected chi connectivity index (χ4v) is 2.27. The standard InChI is InChI=1S/C14H13F2NO2/c1-8-2-3-19-14(8)13(18)12(7-17)9-4-10(15)6-11(16)5-9/h4-6,8,12,14H,2-3H2,1H3. The number of benzene rings is 1. The van der Waals surface area contributed by atoms with Gasteiger partial charge in [0.25, 0.3) is 0 Å². The summed E-state index contributed by atoms with van der Waals surface area (Å²) in [6, 6.07) is 4.53. The molecule has 0 radical (unpaired) electrons. The number of rotatable bonds is 3. The van der Waals surface area contributed by atoms with Crippen LogP contribution in [0.4, 0.5) is 8.78 Å². The van der Waals surface area contributed by atoms with Gasteiger partial charge in [0, 0.05) is 12.7 Å². The number of nitriles is 1. The van der Waals surface area contributed by atoms with E-state index in [1.807, 2.05) is 13.0 Å². The van der Waals surface area contributed by atoms with Crippen LogP contribution < -0.4 is 0 Å². The lowest BCUT2D eigenvalue weighted by Gasteiger charge is -2.17. The van der Waals surface area contributed by atoms with Crippen LogP contribution in [0.1, 0.15) is 24.8 Å². The summed E-state index contributed by atoms with van der Waals surface area (Å²) in [7, 11) is 0. The fraction of sp³-hybridized carbons (Fsp3) is 0.429. The highest BCUT2D eigenvalue weighted by atomic mass is 19.1. The molecule has 100 valence electrons. The molecule has 3 nitrogen and oxygen atoms in total. The highest BCUT2D eigenvalue weighted by Crippen LogP contribution is 2.28. The van der Waals surface area contributed by atoms with E-state index in [9.17, 15) is 13.6 Å². The second-order valence-electron chi connectivity index (χ2n) is 4.72. The molecule has 3 unspecified atom stereocenters. The zero-order chi connectivity index (χ0) is 14.0. The molecule has 1 aliphatic rings. The van der Waals surface area contributed by atoms with Crippen LogP contribution >= 0.6 is 0 Å². The number of carbonyl (C=O) groups is 1. The summed E-state index contributed by atoms with van der Waals surface area (Å²) in [5.41, 5.74) is 0.0349. The number of hydrogen-bond donors (Lipinski definition) is 0. The van der Waals surface area contributed by atoms with Crippen molar-refractivity contribution >= 4 is 5.78 Å². The van der Waals surface area contributed by atoms with Crippen molar-refractivity contribution in [1.29, 1.82) is 5.26 Å². The second-order valence-corrected chi connectivity index (χ2v) is 4.72. The first-order valence-corrected chi connectivity index (χ1v) is 6.04. The van der Waals surface area contributed by atoms with Crippen molar-refractivity contribution < 1.29 is 18.3 Å². The van der Waals surface area contributed by atoms with Crippen LogP contribution in [0, 0.1) is 28.9 Å². The quantitative estimate of drug-likeness (QED) is 0.844. The molecule has 2 rings (SSSR count). The third-order valence-corrected chi connectivity index (χ3v) is 3.30. The van der Waals surface area contributed by atoms with Crippen molar-refractivity contribution in [2.75, 3.05) is 6.61 Å². The normalized spacial score (nSPS) is 23.9. The van der Waals surface area contributed by atoms with Crippen molar-refractivity contribution in [3.05, 3.63) is 35.4 Å². The van der Waals surface area contributed by atoms with Gasteiger partial charge in [-0.1, -0.05) is 6.92 Å². The molecule has 1 aliphatic heterocycles. The Kier molecular flexibility index (Phi) is 3.91. The van der Waals surface area contributed by atoms with Crippen LogP contribution in [0.3, 0.4) is 0 Å². The van der Waals surface area contributed by atoms with E-state index in [2.05, 4.69) is 0 Å². The molecule has 0 amide bonds. The van der Waals surface area contributed by atoms with E-state index >= 15 is 0 Å². The van der Waals surface area contributed by atoms with Crippen LogP contribution in [-0.2, 0) is 9.53 Å². The van der Waals surface area contributed by atoms with Gasteiger partial charge in [-0.2, -0.15) is 5.26 Å². The lowest BCUT2D eigenvalue weighted by molar-refractivity contribution is -0.129. The molecule has 0 N–H and O–H groups in total. The Labute approximate surface area is 109 Å². The number of halogens is 2. The fourth-order valence-electron chi connectivity index (χ4n) is 2.27. The molecule has 1 aromatic rings. The van der Waals surface area contributed by atoms with Gasteiger partial charge in [-0.3, -0.25) is 4.79 Å². The highest BCUT2D eigenvalue weighted by Gasteiger charge is 2.36. The minimum absolute atomic E-state index is 0.0155. The van der Waals surface area contributed by atoms with Crippen molar-refractivity contribution in [1.82, 2.24) is 0 Å².